The van der Waals surface area contributed by atoms with Crippen LogP contribution in [0.3, 0.4) is 0 Å². The molecule has 11 rings (SSSR count). The van der Waals surface area contributed by atoms with Gasteiger partial charge in [-0.3, -0.25) is 0 Å². The lowest BCUT2D eigenvalue weighted by molar-refractivity contribution is 0.666. The maximum atomic E-state index is 6.86. The molecule has 9 aromatic rings. The van der Waals surface area contributed by atoms with Crippen molar-refractivity contribution in [1.29, 1.82) is 0 Å². The smallest absolute Gasteiger partial charge is 0.167 e. The summed E-state index contributed by atoms with van der Waals surface area (Å²) in [6, 6.07) is 57.7. The average molecular weight is 670 g/mol. The van der Waals surface area contributed by atoms with Gasteiger partial charge in [0.05, 0.1) is 11.0 Å². The van der Waals surface area contributed by atoms with Gasteiger partial charge in [0.15, 0.2) is 17.5 Å². The van der Waals surface area contributed by atoms with Crippen molar-refractivity contribution < 1.29 is 4.42 Å². The minimum Gasteiger partial charge on any atom is -0.455 e. The lowest BCUT2D eigenvalue weighted by Crippen LogP contribution is -2.31. The van der Waals surface area contributed by atoms with E-state index < -0.39 is 5.41 Å². The molecule has 0 radical (unpaired) electrons. The molecule has 1 spiro atoms. The number of hydrogen-bond acceptors (Lipinski definition) is 5. The van der Waals surface area contributed by atoms with Crippen molar-refractivity contribution in [2.24, 2.45) is 0 Å². The van der Waals surface area contributed by atoms with Crippen LogP contribution in [0, 0.1) is 0 Å². The Morgan fingerprint density at radius 2 is 0.980 bits per heavy atom. The van der Waals surface area contributed by atoms with Crippen LogP contribution < -0.4 is 0 Å². The number of benzene rings is 7. The highest BCUT2D eigenvalue weighted by molar-refractivity contribution is 7.99. The van der Waals surface area contributed by atoms with Gasteiger partial charge < -0.3 is 4.42 Å². The first-order valence-electron chi connectivity index (χ1n) is 17.1. The van der Waals surface area contributed by atoms with Crippen molar-refractivity contribution in [3.63, 3.8) is 0 Å². The van der Waals surface area contributed by atoms with Crippen LogP contribution in [-0.2, 0) is 5.41 Å². The standard InChI is InChI=1S/C46H27N3OS/c1-3-14-28(15-4-1)43-47-44(29-16-5-2-6-17-29)49-45(48-43)33-21-13-20-32-40-38(50-41(32)33)27-26-37-42(40)51-39-25-12-11-24-36(39)46(37)34-22-9-7-18-30(34)31-19-8-10-23-35(31)46/h1-27H. The molecule has 0 N–H and O–H groups in total. The molecule has 0 saturated carbocycles. The monoisotopic (exact) mass is 669 g/mol. The molecule has 7 aromatic carbocycles. The first kappa shape index (κ1) is 28.5. The molecular formula is C46H27N3OS. The third kappa shape index (κ3) is 4.01. The van der Waals surface area contributed by atoms with E-state index in [2.05, 4.69) is 103 Å². The number of rotatable bonds is 3. The molecule has 4 nitrogen and oxygen atoms in total. The number of nitrogens with zero attached hydrogens (tertiary/aromatic N) is 3. The van der Waals surface area contributed by atoms with Crippen LogP contribution in [0.1, 0.15) is 22.3 Å². The topological polar surface area (TPSA) is 51.8 Å². The molecule has 0 bridgehead atoms. The van der Waals surface area contributed by atoms with Gasteiger partial charge in [0.1, 0.15) is 11.2 Å². The number of hydrogen-bond donors (Lipinski definition) is 0. The summed E-state index contributed by atoms with van der Waals surface area (Å²) in [6.07, 6.45) is 0. The lowest BCUT2D eigenvalue weighted by Gasteiger charge is -2.39. The molecule has 0 fully saturated rings. The van der Waals surface area contributed by atoms with E-state index in [1.54, 1.807) is 0 Å². The second kappa shape index (κ2) is 10.8. The minimum absolute atomic E-state index is 0.455. The van der Waals surface area contributed by atoms with Crippen molar-refractivity contribution >= 4 is 33.7 Å². The summed E-state index contributed by atoms with van der Waals surface area (Å²) in [5.41, 5.74) is 11.7. The first-order chi connectivity index (χ1) is 25.3. The van der Waals surface area contributed by atoms with E-state index in [-0.39, 0.29) is 0 Å². The Morgan fingerprint density at radius 3 is 1.65 bits per heavy atom. The summed E-state index contributed by atoms with van der Waals surface area (Å²) < 4.78 is 6.86. The molecule has 2 aliphatic rings. The number of para-hydroxylation sites is 1. The van der Waals surface area contributed by atoms with E-state index in [0.29, 0.717) is 17.5 Å². The molecule has 51 heavy (non-hydrogen) atoms. The molecule has 2 aromatic heterocycles. The molecule has 238 valence electrons. The summed E-state index contributed by atoms with van der Waals surface area (Å²) in [5.74, 6) is 1.82. The Balaban J connectivity index is 1.19. The lowest BCUT2D eigenvalue weighted by atomic mass is 9.67. The van der Waals surface area contributed by atoms with Crippen molar-refractivity contribution in [2.75, 3.05) is 0 Å². The zero-order chi connectivity index (χ0) is 33.5. The molecule has 3 heterocycles. The predicted octanol–water partition coefficient (Wildman–Crippen LogP) is 11.6. The highest BCUT2D eigenvalue weighted by atomic mass is 32.2. The maximum absolute atomic E-state index is 6.86. The van der Waals surface area contributed by atoms with Crippen LogP contribution in [0.25, 0.3) is 67.2 Å². The molecule has 0 saturated heterocycles. The first-order valence-corrected chi connectivity index (χ1v) is 17.9. The van der Waals surface area contributed by atoms with Crippen molar-refractivity contribution in [1.82, 2.24) is 15.0 Å². The van der Waals surface area contributed by atoms with Gasteiger partial charge in [-0.15, -0.1) is 0 Å². The highest BCUT2D eigenvalue weighted by Crippen LogP contribution is 2.63. The molecule has 0 atom stereocenters. The second-order valence-electron chi connectivity index (χ2n) is 13.1. The zero-order valence-corrected chi connectivity index (χ0v) is 28.1. The van der Waals surface area contributed by atoms with Gasteiger partial charge in [0.2, 0.25) is 0 Å². The fraction of sp³-hybridized carbons (Fsp3) is 0.0217. The third-order valence-electron chi connectivity index (χ3n) is 10.4. The van der Waals surface area contributed by atoms with Gasteiger partial charge in [-0.05, 0) is 51.6 Å². The Kier molecular flexibility index (Phi) is 6.07. The minimum atomic E-state index is -0.455. The van der Waals surface area contributed by atoms with E-state index >= 15 is 0 Å². The summed E-state index contributed by atoms with van der Waals surface area (Å²) in [7, 11) is 0. The fourth-order valence-corrected chi connectivity index (χ4v) is 9.64. The largest absolute Gasteiger partial charge is 0.455 e. The number of aromatic nitrogens is 3. The molecule has 1 aliphatic carbocycles. The quantitative estimate of drug-likeness (QED) is 0.187. The van der Waals surface area contributed by atoms with Crippen molar-refractivity contribution in [3.05, 3.63) is 186 Å². The second-order valence-corrected chi connectivity index (χ2v) is 14.1. The number of fused-ring (bicyclic) bond motifs is 13. The summed E-state index contributed by atoms with van der Waals surface area (Å²) in [4.78, 5) is 17.5. The Bertz CT molecular complexity index is 2740. The van der Waals surface area contributed by atoms with E-state index in [1.165, 1.54) is 43.2 Å². The Labute approximate surface area is 298 Å². The van der Waals surface area contributed by atoms with Gasteiger partial charge in [-0.25, -0.2) is 15.0 Å². The highest BCUT2D eigenvalue weighted by Gasteiger charge is 2.50. The van der Waals surface area contributed by atoms with E-state index in [0.717, 1.165) is 38.6 Å². The van der Waals surface area contributed by atoms with Crippen molar-refractivity contribution in [3.8, 4) is 45.3 Å². The molecule has 5 heteroatoms. The van der Waals surface area contributed by atoms with E-state index in [4.69, 9.17) is 19.4 Å². The van der Waals surface area contributed by atoms with Crippen LogP contribution in [-0.4, -0.2) is 15.0 Å². The van der Waals surface area contributed by atoms with Crippen LogP contribution in [0.15, 0.2) is 178 Å². The van der Waals surface area contributed by atoms with Crippen LogP contribution in [0.2, 0.25) is 0 Å². The Hall–Kier alpha value is -6.30. The van der Waals surface area contributed by atoms with Gasteiger partial charge in [0, 0.05) is 31.7 Å². The molecule has 0 amide bonds. The SMILES string of the molecule is c1ccc(-c2nc(-c3ccccc3)nc(-c3cccc4c3oc3ccc5c(c34)Sc3ccccc3C53c4ccccc4-c4ccccc43)n2)cc1. The third-order valence-corrected chi connectivity index (χ3v) is 11.6. The zero-order valence-electron chi connectivity index (χ0n) is 27.2. The summed E-state index contributed by atoms with van der Waals surface area (Å²) in [6.45, 7) is 0. The van der Waals surface area contributed by atoms with Crippen LogP contribution in [0.5, 0.6) is 0 Å². The normalized spacial score (nSPS) is 13.6. The maximum Gasteiger partial charge on any atom is 0.167 e. The van der Waals surface area contributed by atoms with Crippen LogP contribution >= 0.6 is 11.8 Å². The summed E-state index contributed by atoms with van der Waals surface area (Å²) in [5, 5.41) is 2.16. The van der Waals surface area contributed by atoms with E-state index in [9.17, 15) is 0 Å². The van der Waals surface area contributed by atoms with Crippen molar-refractivity contribution in [2.45, 2.75) is 15.2 Å². The fourth-order valence-electron chi connectivity index (χ4n) is 8.30. The summed E-state index contributed by atoms with van der Waals surface area (Å²) >= 11 is 1.84. The van der Waals surface area contributed by atoms with Gasteiger partial charge >= 0.3 is 0 Å². The van der Waals surface area contributed by atoms with Gasteiger partial charge in [-0.1, -0.05) is 157 Å². The average Bonchev–Trinajstić information content (AvgIpc) is 3.73. The van der Waals surface area contributed by atoms with Gasteiger partial charge in [0.25, 0.3) is 0 Å². The van der Waals surface area contributed by atoms with E-state index in [1.807, 2.05) is 72.4 Å². The van der Waals surface area contributed by atoms with Gasteiger partial charge in [-0.2, -0.15) is 0 Å². The van der Waals surface area contributed by atoms with Crippen LogP contribution in [0.4, 0.5) is 0 Å². The molecule has 0 unspecified atom stereocenters. The predicted molar refractivity (Wildman–Crippen MR) is 205 cm³/mol. The molecular weight excluding hydrogens is 643 g/mol. The Morgan fingerprint density at radius 1 is 0.431 bits per heavy atom. The molecule has 1 aliphatic heterocycles. The number of furan rings is 1.